The topological polar surface area (TPSA) is 259 Å². The number of aliphatic hydroxyl groups is 1. The smallest absolute Gasteiger partial charge is 0.366 e. The molecule has 0 bridgehead atoms. The summed E-state index contributed by atoms with van der Waals surface area (Å²) in [6.45, 7) is 21.5. The van der Waals surface area contributed by atoms with E-state index in [0.717, 1.165) is 92.6 Å². The molecule has 1 aliphatic heterocycles. The van der Waals surface area contributed by atoms with Gasteiger partial charge in [-0.1, -0.05) is 65.3 Å². The molecule has 0 unspecified atom stereocenters. The van der Waals surface area contributed by atoms with Crippen molar-refractivity contribution in [2.24, 2.45) is 56.7 Å². The van der Waals surface area contributed by atoms with Crippen LogP contribution < -0.4 is 10.6 Å². The number of allylic oxidation sites excluding steroid dienone is 2. The number of carbonyl (C=O) groups is 7. The van der Waals surface area contributed by atoms with E-state index in [9.17, 15) is 38.7 Å². The molecule has 16 atom stereocenters. The van der Waals surface area contributed by atoms with E-state index in [1.54, 1.807) is 6.20 Å². The van der Waals surface area contributed by atoms with Crippen molar-refractivity contribution < 1.29 is 71.8 Å². The number of aliphatic hydroxyl groups excluding tert-OH is 1. The zero-order valence-corrected chi connectivity index (χ0v) is 46.4. The summed E-state index contributed by atoms with van der Waals surface area (Å²) in [6.07, 6.45) is 5.65. The molecule has 20 heteroatoms. The fraction of sp³-hybridized carbons (Fsp3) is 0.800. The standard InChI is InChI=1S/C55H83N5O15/c1-30-16-21-54(23-22-52(11)38(44(54)31(30)2)14-15-42-51(10)19-18-43(66)50(8,9)41(51)17-20-53(42,52)12)48(67)56-27-37-28-60(59-58-37)24-25-71-55(49(68)69-13)26-39(72-34(5)63)45(57-32(3)61)47(75-55)46(74-36(7)65)40(73-35(6)64)29-70-33(4)62/h14,28,30-31,39-47,66H,15-27,29H2,1-13H3,(H,56,67)(H,57,61)/t30-,31+,39+,40-,41+,42-,43+,44-,45-,46-,47-,51+,52-,53-,54+,55-/m1/s1. The average Bonchev–Trinajstić information content (AvgIpc) is 3.78. The third-order valence-electron chi connectivity index (χ3n) is 19.6. The zero-order chi connectivity index (χ0) is 55.2. The van der Waals surface area contributed by atoms with Crippen LogP contribution >= 0.6 is 0 Å². The van der Waals surface area contributed by atoms with Crippen LogP contribution in [-0.4, -0.2) is 124 Å². The highest BCUT2D eigenvalue weighted by Crippen LogP contribution is 2.75. The Hall–Kier alpha value is -4.95. The van der Waals surface area contributed by atoms with E-state index in [4.69, 9.17) is 33.2 Å². The molecular formula is C55H83N5O15. The Labute approximate surface area is 441 Å². The van der Waals surface area contributed by atoms with Crippen LogP contribution in [0.4, 0.5) is 0 Å². The van der Waals surface area contributed by atoms with Crippen molar-refractivity contribution in [1.82, 2.24) is 25.6 Å². The number of amides is 2. The predicted octanol–water partition coefficient (Wildman–Crippen LogP) is 5.45. The summed E-state index contributed by atoms with van der Waals surface area (Å²) in [5.41, 5.74) is 1.34. The lowest BCUT2D eigenvalue weighted by Crippen LogP contribution is -2.69. The minimum absolute atomic E-state index is 0.0112. The van der Waals surface area contributed by atoms with Crippen LogP contribution in [0.1, 0.15) is 153 Å². The van der Waals surface area contributed by atoms with Gasteiger partial charge in [-0.25, -0.2) is 9.48 Å². The van der Waals surface area contributed by atoms with Crippen molar-refractivity contribution in [3.05, 3.63) is 23.5 Å². The lowest BCUT2D eigenvalue weighted by atomic mass is 9.33. The average molecular weight is 1050 g/mol. The molecule has 0 radical (unpaired) electrons. The number of carbonyl (C=O) groups excluding carboxylic acids is 7. The van der Waals surface area contributed by atoms with Crippen LogP contribution in [-0.2, 0) is 79.8 Å². The fourth-order valence-electron chi connectivity index (χ4n) is 15.6. The maximum Gasteiger partial charge on any atom is 0.366 e. The van der Waals surface area contributed by atoms with E-state index in [2.05, 4.69) is 75.5 Å². The number of aromatic nitrogens is 3. The van der Waals surface area contributed by atoms with Gasteiger partial charge in [0.2, 0.25) is 11.8 Å². The summed E-state index contributed by atoms with van der Waals surface area (Å²) in [5.74, 6) is -5.64. The third kappa shape index (κ3) is 10.7. The molecule has 0 spiro atoms. The van der Waals surface area contributed by atoms with E-state index in [0.29, 0.717) is 29.4 Å². The minimum atomic E-state index is -2.40. The Morgan fingerprint density at radius 2 is 1.57 bits per heavy atom. The number of methoxy groups -OCH3 is 1. The molecule has 20 nitrogen and oxygen atoms in total. The van der Waals surface area contributed by atoms with Gasteiger partial charge in [-0.2, -0.15) is 0 Å². The summed E-state index contributed by atoms with van der Waals surface area (Å²) < 4.78 is 41.2. The molecule has 5 aliphatic carbocycles. The second-order valence-electron chi connectivity index (χ2n) is 24.1. The van der Waals surface area contributed by atoms with E-state index in [-0.39, 0.29) is 59.3 Å². The highest BCUT2D eigenvalue weighted by atomic mass is 16.7. The van der Waals surface area contributed by atoms with Crippen LogP contribution in [0.2, 0.25) is 0 Å². The molecule has 4 saturated carbocycles. The Morgan fingerprint density at radius 3 is 2.21 bits per heavy atom. The van der Waals surface area contributed by atoms with E-state index < -0.39 is 90.4 Å². The maximum atomic E-state index is 15.0. The van der Waals surface area contributed by atoms with Crippen LogP contribution in [0.5, 0.6) is 0 Å². The first-order valence-electron chi connectivity index (χ1n) is 27.0. The van der Waals surface area contributed by atoms with Gasteiger partial charge in [0.25, 0.3) is 5.79 Å². The first kappa shape index (κ1) is 57.7. The Balaban J connectivity index is 1.09. The number of nitrogens with one attached hydrogen (secondary N) is 2. The monoisotopic (exact) mass is 1050 g/mol. The molecule has 2 amide bonds. The number of fused-ring (bicyclic) bond motifs is 7. The molecule has 3 N–H and O–H groups in total. The second kappa shape index (κ2) is 21.8. The quantitative estimate of drug-likeness (QED) is 0.106. The molecule has 6 aliphatic rings. The molecule has 5 fully saturated rings. The number of hydrogen-bond donors (Lipinski definition) is 3. The number of ether oxygens (including phenoxy) is 7. The molecule has 1 saturated heterocycles. The number of nitrogens with zero attached hydrogens (tertiary/aromatic N) is 3. The van der Waals surface area contributed by atoms with Gasteiger partial charge in [0, 0.05) is 34.6 Å². The van der Waals surface area contributed by atoms with E-state index in [1.165, 1.54) is 17.2 Å². The summed E-state index contributed by atoms with van der Waals surface area (Å²) in [7, 11) is 1.08. The van der Waals surface area contributed by atoms with E-state index >= 15 is 0 Å². The largest absolute Gasteiger partial charge is 0.465 e. The molecular weight excluding hydrogens is 971 g/mol. The molecule has 75 heavy (non-hydrogen) atoms. The third-order valence-corrected chi connectivity index (χ3v) is 19.6. The predicted molar refractivity (Wildman–Crippen MR) is 268 cm³/mol. The molecule has 418 valence electrons. The molecule has 1 aromatic rings. The van der Waals surface area contributed by atoms with Gasteiger partial charge in [-0.15, -0.1) is 5.10 Å². The minimum Gasteiger partial charge on any atom is -0.465 e. The zero-order valence-electron chi connectivity index (χ0n) is 46.4. The summed E-state index contributed by atoms with van der Waals surface area (Å²) >= 11 is 0. The van der Waals surface area contributed by atoms with Crippen molar-refractivity contribution >= 4 is 41.7 Å². The maximum absolute atomic E-state index is 15.0. The summed E-state index contributed by atoms with van der Waals surface area (Å²) in [4.78, 5) is 91.1. The van der Waals surface area contributed by atoms with Gasteiger partial charge in [0.1, 0.15) is 24.5 Å². The van der Waals surface area contributed by atoms with Gasteiger partial charge in [-0.05, 0) is 109 Å². The lowest BCUT2D eigenvalue weighted by Gasteiger charge is -2.71. The first-order valence-corrected chi connectivity index (χ1v) is 27.0. The first-order chi connectivity index (χ1) is 35.1. The fourth-order valence-corrected chi connectivity index (χ4v) is 15.6. The van der Waals surface area contributed by atoms with Crippen molar-refractivity contribution in [3.8, 4) is 0 Å². The van der Waals surface area contributed by atoms with Gasteiger partial charge in [0.05, 0.1) is 57.0 Å². The molecule has 0 aromatic carbocycles. The van der Waals surface area contributed by atoms with Gasteiger partial charge >= 0.3 is 29.8 Å². The second-order valence-corrected chi connectivity index (χ2v) is 24.1. The van der Waals surface area contributed by atoms with Gasteiger partial charge in [0.15, 0.2) is 12.2 Å². The van der Waals surface area contributed by atoms with E-state index in [1.807, 2.05) is 0 Å². The van der Waals surface area contributed by atoms with Crippen LogP contribution in [0.15, 0.2) is 17.8 Å². The van der Waals surface area contributed by atoms with Crippen LogP contribution in [0.3, 0.4) is 0 Å². The highest BCUT2D eigenvalue weighted by molar-refractivity contribution is 5.84. The van der Waals surface area contributed by atoms with Crippen molar-refractivity contribution in [3.63, 3.8) is 0 Å². The van der Waals surface area contributed by atoms with Crippen molar-refractivity contribution in [2.75, 3.05) is 20.3 Å². The summed E-state index contributed by atoms with van der Waals surface area (Å²) in [5, 5.41) is 25.8. The number of hydrogen-bond acceptors (Lipinski definition) is 17. The Bertz CT molecular complexity index is 2390. The van der Waals surface area contributed by atoms with Crippen LogP contribution in [0, 0.1) is 56.7 Å². The Kier molecular flexibility index (Phi) is 16.8. The normalized spacial score (nSPS) is 37.5. The van der Waals surface area contributed by atoms with Crippen molar-refractivity contribution in [1.29, 1.82) is 0 Å². The van der Waals surface area contributed by atoms with Crippen molar-refractivity contribution in [2.45, 2.75) is 203 Å². The highest BCUT2D eigenvalue weighted by Gasteiger charge is 2.69. The number of esters is 5. The molecule has 2 heterocycles. The SMILES string of the molecule is COC(=O)[C@@]1(OCCn2cc(CNC(=O)[C@]34CC[C@@H](C)[C@H](C)[C@@H]3C3=CC[C@@H]5[C@@]6(C)CC[C@H](O)C(C)(C)[C@@H]6CC[C@@]5(C)[C@]3(C)CC4)nn2)C[C@H](OC(C)=O)[C@@H](NC(C)=O)[C@H]([C@H](OC(C)=O)[C@@H](COC(C)=O)OC(C)=O)O1. The molecule has 7 rings (SSSR count). The van der Waals surface area contributed by atoms with Gasteiger partial charge < -0.3 is 48.9 Å². The Morgan fingerprint density at radius 1 is 0.867 bits per heavy atom. The lowest BCUT2D eigenvalue weighted by molar-refractivity contribution is -0.314. The summed E-state index contributed by atoms with van der Waals surface area (Å²) in [6, 6.07) is -1.35. The molecule has 1 aromatic heterocycles. The van der Waals surface area contributed by atoms with Crippen LogP contribution in [0.25, 0.3) is 0 Å². The number of rotatable bonds is 16. The van der Waals surface area contributed by atoms with Gasteiger partial charge in [-0.3, -0.25) is 28.8 Å².